The summed E-state index contributed by atoms with van der Waals surface area (Å²) in [6.07, 6.45) is 2.32. The number of amides is 1. The summed E-state index contributed by atoms with van der Waals surface area (Å²) in [6, 6.07) is 4.55. The quantitative estimate of drug-likeness (QED) is 0.773. The Morgan fingerprint density at radius 3 is 2.56 bits per heavy atom. The zero-order valence-corrected chi connectivity index (χ0v) is 20.1. The Hall–Kier alpha value is -2.67. The molecule has 1 aromatic carbocycles. The van der Waals surface area contributed by atoms with Crippen molar-refractivity contribution in [3.8, 4) is 5.75 Å². The van der Waals surface area contributed by atoms with E-state index in [4.69, 9.17) is 20.2 Å². The zero-order valence-electron chi connectivity index (χ0n) is 20.1. The fraction of sp³-hybridized carbons (Fsp3) is 0.560. The number of aliphatic imine (C=N–C) groups is 1. The van der Waals surface area contributed by atoms with E-state index >= 15 is 0 Å². The fourth-order valence-electron chi connectivity index (χ4n) is 4.32. The monoisotopic (exact) mass is 441 g/mol. The SMILES string of the molecule is COc1ccc2c(c1)N=C(OC1CN(C(=O)C(N)C(C)(C)C)C(C(C)=O)C1C)C=C(C)C2. The number of hydrogen-bond acceptors (Lipinski definition) is 6. The number of rotatable bonds is 4. The topological polar surface area (TPSA) is 94.2 Å². The number of hydrogen-bond donors (Lipinski definition) is 1. The summed E-state index contributed by atoms with van der Waals surface area (Å²) in [6.45, 7) is 11.6. The first-order valence-corrected chi connectivity index (χ1v) is 11.1. The van der Waals surface area contributed by atoms with E-state index in [0.717, 1.165) is 29.0 Å². The molecular weight excluding hydrogens is 406 g/mol. The standard InChI is InChI=1S/C25H35N3O4/c1-14-10-17-8-9-18(31-7)12-19(17)27-21(11-14)32-20-13-28(22(15(20)2)16(3)29)24(30)23(26)25(4,5)6/h8-9,11-12,15,20,22-23H,10,13,26H2,1-7H3. The van der Waals surface area contributed by atoms with Gasteiger partial charge in [-0.2, -0.15) is 0 Å². The van der Waals surface area contributed by atoms with E-state index in [2.05, 4.69) is 0 Å². The highest BCUT2D eigenvalue weighted by atomic mass is 16.5. The van der Waals surface area contributed by atoms with Gasteiger partial charge in [0.1, 0.15) is 11.9 Å². The second-order valence-electron chi connectivity index (χ2n) is 10.0. The molecule has 174 valence electrons. The van der Waals surface area contributed by atoms with Crippen LogP contribution in [-0.4, -0.2) is 54.3 Å². The molecule has 0 aromatic heterocycles. The summed E-state index contributed by atoms with van der Waals surface area (Å²) >= 11 is 0. The van der Waals surface area contributed by atoms with Crippen molar-refractivity contribution in [1.82, 2.24) is 4.90 Å². The van der Waals surface area contributed by atoms with Gasteiger partial charge in [0.15, 0.2) is 5.78 Å². The molecule has 1 aromatic rings. The lowest BCUT2D eigenvalue weighted by Crippen LogP contribution is -2.53. The fourth-order valence-corrected chi connectivity index (χ4v) is 4.32. The highest BCUT2D eigenvalue weighted by Crippen LogP contribution is 2.33. The first-order chi connectivity index (χ1) is 14.9. The van der Waals surface area contributed by atoms with Gasteiger partial charge in [0.2, 0.25) is 11.8 Å². The van der Waals surface area contributed by atoms with Crippen LogP contribution in [0, 0.1) is 11.3 Å². The predicted molar refractivity (Wildman–Crippen MR) is 125 cm³/mol. The lowest BCUT2D eigenvalue weighted by atomic mass is 9.86. The van der Waals surface area contributed by atoms with Crippen LogP contribution in [0.25, 0.3) is 0 Å². The summed E-state index contributed by atoms with van der Waals surface area (Å²) < 4.78 is 11.7. The third-order valence-corrected chi connectivity index (χ3v) is 6.33. The molecule has 2 N–H and O–H groups in total. The second kappa shape index (κ2) is 9.06. The number of allylic oxidation sites excluding steroid dienone is 1. The van der Waals surface area contributed by atoms with Gasteiger partial charge in [-0.3, -0.25) is 9.59 Å². The summed E-state index contributed by atoms with van der Waals surface area (Å²) in [4.78, 5) is 32.0. The van der Waals surface area contributed by atoms with Crippen molar-refractivity contribution in [1.29, 1.82) is 0 Å². The van der Waals surface area contributed by atoms with E-state index in [1.807, 2.05) is 58.9 Å². The van der Waals surface area contributed by atoms with Crippen molar-refractivity contribution in [2.24, 2.45) is 22.1 Å². The Bertz CT molecular complexity index is 960. The molecule has 1 amide bonds. The van der Waals surface area contributed by atoms with E-state index < -0.39 is 17.5 Å². The Balaban J connectivity index is 1.89. The van der Waals surface area contributed by atoms with Crippen LogP contribution in [0.4, 0.5) is 5.69 Å². The maximum Gasteiger partial charge on any atom is 0.240 e. The van der Waals surface area contributed by atoms with Crippen molar-refractivity contribution in [3.05, 3.63) is 35.4 Å². The average Bonchev–Trinajstić information content (AvgIpc) is 2.93. The molecule has 2 aliphatic heterocycles. The number of ether oxygens (including phenoxy) is 2. The molecule has 0 radical (unpaired) electrons. The van der Waals surface area contributed by atoms with Crippen molar-refractivity contribution >= 4 is 23.3 Å². The predicted octanol–water partition coefficient (Wildman–Crippen LogP) is 3.42. The van der Waals surface area contributed by atoms with Gasteiger partial charge in [0, 0.05) is 12.0 Å². The molecule has 4 atom stereocenters. The minimum atomic E-state index is -0.702. The maximum atomic E-state index is 13.2. The Labute approximate surface area is 190 Å². The van der Waals surface area contributed by atoms with Crippen LogP contribution in [-0.2, 0) is 20.7 Å². The third kappa shape index (κ3) is 4.88. The van der Waals surface area contributed by atoms with Crippen LogP contribution in [0.15, 0.2) is 34.8 Å². The summed E-state index contributed by atoms with van der Waals surface area (Å²) in [7, 11) is 1.62. The number of methoxy groups -OCH3 is 1. The number of likely N-dealkylation sites (tertiary alicyclic amines) is 1. The number of fused-ring (bicyclic) bond motifs is 1. The van der Waals surface area contributed by atoms with Crippen molar-refractivity contribution in [2.75, 3.05) is 13.7 Å². The number of nitrogens with zero attached hydrogens (tertiary/aromatic N) is 2. The molecule has 1 saturated heterocycles. The summed E-state index contributed by atoms with van der Waals surface area (Å²) in [5.41, 5.74) is 8.83. The van der Waals surface area contributed by atoms with Gasteiger partial charge in [-0.1, -0.05) is 39.3 Å². The minimum Gasteiger partial charge on any atom is -0.497 e. The van der Waals surface area contributed by atoms with Gasteiger partial charge in [-0.15, -0.1) is 0 Å². The van der Waals surface area contributed by atoms with Gasteiger partial charge >= 0.3 is 0 Å². The molecule has 2 aliphatic rings. The van der Waals surface area contributed by atoms with Gasteiger partial charge in [0.25, 0.3) is 0 Å². The van der Waals surface area contributed by atoms with Gasteiger partial charge in [-0.05, 0) is 43.4 Å². The first-order valence-electron chi connectivity index (χ1n) is 11.1. The second-order valence-corrected chi connectivity index (χ2v) is 10.0. The Morgan fingerprint density at radius 2 is 1.97 bits per heavy atom. The van der Waals surface area contributed by atoms with Crippen LogP contribution < -0.4 is 10.5 Å². The molecule has 2 heterocycles. The van der Waals surface area contributed by atoms with E-state index in [-0.39, 0.29) is 23.7 Å². The molecule has 0 spiro atoms. The van der Waals surface area contributed by atoms with E-state index in [1.54, 1.807) is 12.0 Å². The average molecular weight is 442 g/mol. The first kappa shape index (κ1) is 24.0. The summed E-state index contributed by atoms with van der Waals surface area (Å²) in [5, 5.41) is 0. The lowest BCUT2D eigenvalue weighted by molar-refractivity contribution is -0.140. The third-order valence-electron chi connectivity index (χ3n) is 6.33. The van der Waals surface area contributed by atoms with Gasteiger partial charge in [0.05, 0.1) is 31.4 Å². The molecule has 0 bridgehead atoms. The lowest BCUT2D eigenvalue weighted by Gasteiger charge is -2.32. The zero-order chi connectivity index (χ0) is 23.8. The van der Waals surface area contributed by atoms with E-state index in [1.165, 1.54) is 6.92 Å². The van der Waals surface area contributed by atoms with Gasteiger partial charge in [-0.25, -0.2) is 4.99 Å². The number of carbonyl (C=O) groups excluding carboxylic acids is 2. The molecule has 3 rings (SSSR count). The Morgan fingerprint density at radius 1 is 1.28 bits per heavy atom. The largest absolute Gasteiger partial charge is 0.497 e. The van der Waals surface area contributed by atoms with Crippen LogP contribution >= 0.6 is 0 Å². The molecular formula is C25H35N3O4. The van der Waals surface area contributed by atoms with Gasteiger partial charge < -0.3 is 20.1 Å². The van der Waals surface area contributed by atoms with Crippen molar-refractivity contribution in [2.45, 2.75) is 66.2 Å². The van der Waals surface area contributed by atoms with Crippen LogP contribution in [0.1, 0.15) is 47.1 Å². The Kier molecular flexibility index (Phi) is 6.79. The molecule has 7 heteroatoms. The summed E-state index contributed by atoms with van der Waals surface area (Å²) in [5.74, 6) is 0.726. The highest BCUT2D eigenvalue weighted by Gasteiger charge is 2.47. The maximum absolute atomic E-state index is 13.2. The normalized spacial score (nSPS) is 24.1. The van der Waals surface area contributed by atoms with Crippen molar-refractivity contribution in [3.63, 3.8) is 0 Å². The number of Topliss-reactive ketones (excluding diaryl/α,β-unsaturated/α-hetero) is 1. The van der Waals surface area contributed by atoms with E-state index in [0.29, 0.717) is 12.4 Å². The molecule has 32 heavy (non-hydrogen) atoms. The number of ketones is 1. The van der Waals surface area contributed by atoms with Crippen LogP contribution in [0.3, 0.4) is 0 Å². The van der Waals surface area contributed by atoms with Crippen molar-refractivity contribution < 1.29 is 19.1 Å². The molecule has 0 aliphatic carbocycles. The highest BCUT2D eigenvalue weighted by molar-refractivity contribution is 5.93. The minimum absolute atomic E-state index is 0.0670. The molecule has 7 nitrogen and oxygen atoms in total. The number of nitrogens with two attached hydrogens (primary N) is 1. The van der Waals surface area contributed by atoms with Crippen LogP contribution in [0.2, 0.25) is 0 Å². The number of benzene rings is 1. The number of carbonyl (C=O) groups is 2. The molecule has 1 fully saturated rings. The van der Waals surface area contributed by atoms with E-state index in [9.17, 15) is 9.59 Å². The molecule has 4 unspecified atom stereocenters. The smallest absolute Gasteiger partial charge is 0.240 e. The van der Waals surface area contributed by atoms with Crippen LogP contribution in [0.5, 0.6) is 5.75 Å². The molecule has 0 saturated carbocycles.